The number of carbonyl (C=O) groups excluding carboxylic acids is 2. The zero-order valence-corrected chi connectivity index (χ0v) is 12.4. The number of carbonyl (C=O) groups is 2. The number of ether oxygens (including phenoxy) is 1. The number of β-amino-alcohol motifs (C(OH)–C–C–N with tert-alkyl or cyclic N) is 1. The summed E-state index contributed by atoms with van der Waals surface area (Å²) >= 11 is 0. The summed E-state index contributed by atoms with van der Waals surface area (Å²) in [5.74, 6) is 0.406. The largest absolute Gasteiger partial charge is 0.494 e. The molecule has 1 heterocycles. The van der Waals surface area contributed by atoms with Crippen LogP contribution in [0.5, 0.6) is 5.75 Å². The molecule has 2 rings (SSSR count). The normalized spacial score (nSPS) is 18.0. The van der Waals surface area contributed by atoms with Crippen molar-refractivity contribution < 1.29 is 19.4 Å². The van der Waals surface area contributed by atoms with Crippen LogP contribution < -0.4 is 4.74 Å². The van der Waals surface area contributed by atoms with Gasteiger partial charge in [-0.25, -0.2) is 0 Å². The number of hydrogen-bond acceptors (Lipinski definition) is 4. The summed E-state index contributed by atoms with van der Waals surface area (Å²) in [6.07, 6.45) is -0.147. The highest BCUT2D eigenvalue weighted by Gasteiger charge is 2.31. The molecule has 0 radical (unpaired) electrons. The number of aliphatic hydroxyl groups excluding tert-OH is 1. The molecule has 1 saturated heterocycles. The van der Waals surface area contributed by atoms with Crippen molar-refractivity contribution in [3.05, 3.63) is 29.8 Å². The fraction of sp³-hybridized carbons (Fsp3) is 0.500. The molecule has 1 aromatic rings. The van der Waals surface area contributed by atoms with Gasteiger partial charge in [0.05, 0.1) is 19.3 Å². The quantitative estimate of drug-likeness (QED) is 0.841. The van der Waals surface area contributed by atoms with Crippen molar-refractivity contribution in [1.82, 2.24) is 4.90 Å². The van der Waals surface area contributed by atoms with Gasteiger partial charge in [0.2, 0.25) is 11.8 Å². The van der Waals surface area contributed by atoms with Crippen LogP contribution in [0, 0.1) is 5.92 Å². The summed E-state index contributed by atoms with van der Waals surface area (Å²) in [6, 6.07) is 7.03. The lowest BCUT2D eigenvalue weighted by molar-refractivity contribution is -0.151. The lowest BCUT2D eigenvalue weighted by Gasteiger charge is -2.30. The average molecular weight is 291 g/mol. The molecule has 1 N–H and O–H groups in total. The smallest absolute Gasteiger partial charge is 0.229 e. The third kappa shape index (κ3) is 3.82. The molecule has 0 spiro atoms. The van der Waals surface area contributed by atoms with Gasteiger partial charge in [-0.05, 0) is 30.5 Å². The van der Waals surface area contributed by atoms with E-state index in [-0.39, 0.29) is 24.3 Å². The molecule has 1 unspecified atom stereocenters. The predicted molar refractivity (Wildman–Crippen MR) is 77.7 cm³/mol. The molecule has 21 heavy (non-hydrogen) atoms. The fourth-order valence-corrected chi connectivity index (χ4v) is 2.46. The molecule has 0 aromatic heterocycles. The standard InChI is InChI=1S/C16H21NO4/c1-3-21-13-6-4-12(5-7-13)14(18)10-17-15(19)8-11(2)9-16(17)20/h4-7,11,14,18H,3,8-10H2,1-2H3. The second-order valence-corrected chi connectivity index (χ2v) is 5.43. The number of imide groups is 1. The number of rotatable bonds is 5. The van der Waals surface area contributed by atoms with Crippen LogP contribution in [0.25, 0.3) is 0 Å². The molecule has 114 valence electrons. The van der Waals surface area contributed by atoms with Gasteiger partial charge in [-0.3, -0.25) is 14.5 Å². The summed E-state index contributed by atoms with van der Waals surface area (Å²) < 4.78 is 5.34. The molecule has 2 amide bonds. The van der Waals surface area contributed by atoms with E-state index < -0.39 is 6.10 Å². The van der Waals surface area contributed by atoms with E-state index in [0.717, 1.165) is 5.75 Å². The maximum absolute atomic E-state index is 11.9. The molecule has 1 aliphatic heterocycles. The molecule has 0 aliphatic carbocycles. The van der Waals surface area contributed by atoms with Gasteiger partial charge in [-0.2, -0.15) is 0 Å². The summed E-state index contributed by atoms with van der Waals surface area (Å²) in [5, 5.41) is 10.2. The summed E-state index contributed by atoms with van der Waals surface area (Å²) in [5.41, 5.74) is 0.665. The van der Waals surface area contributed by atoms with Gasteiger partial charge in [-0.1, -0.05) is 19.1 Å². The zero-order chi connectivity index (χ0) is 15.4. The molecule has 1 atom stereocenters. The molecule has 1 aliphatic rings. The van der Waals surface area contributed by atoms with Crippen LogP contribution in [-0.4, -0.2) is 35.0 Å². The van der Waals surface area contributed by atoms with Gasteiger partial charge in [0.1, 0.15) is 5.75 Å². The topological polar surface area (TPSA) is 66.8 Å². The third-order valence-electron chi connectivity index (χ3n) is 3.58. The van der Waals surface area contributed by atoms with E-state index in [9.17, 15) is 14.7 Å². The number of aliphatic hydroxyl groups is 1. The Morgan fingerprint density at radius 2 is 1.81 bits per heavy atom. The third-order valence-corrected chi connectivity index (χ3v) is 3.58. The molecular formula is C16H21NO4. The summed E-state index contributed by atoms with van der Waals surface area (Å²) in [7, 11) is 0. The van der Waals surface area contributed by atoms with Crippen molar-refractivity contribution in [2.24, 2.45) is 5.92 Å². The minimum absolute atomic E-state index is 0.0123. The molecule has 1 aromatic carbocycles. The first-order valence-corrected chi connectivity index (χ1v) is 7.25. The van der Waals surface area contributed by atoms with Crippen molar-refractivity contribution in [1.29, 1.82) is 0 Å². The average Bonchev–Trinajstić information content (AvgIpc) is 2.43. The van der Waals surface area contributed by atoms with E-state index in [2.05, 4.69) is 0 Å². The minimum atomic E-state index is -0.873. The second kappa shape index (κ2) is 6.72. The number of likely N-dealkylation sites (tertiary alicyclic amines) is 1. The van der Waals surface area contributed by atoms with Gasteiger partial charge in [0.15, 0.2) is 0 Å². The SMILES string of the molecule is CCOc1ccc(C(O)CN2C(=O)CC(C)CC2=O)cc1. The molecule has 5 nitrogen and oxygen atoms in total. The maximum Gasteiger partial charge on any atom is 0.229 e. The van der Waals surface area contributed by atoms with E-state index in [1.165, 1.54) is 4.90 Å². The van der Waals surface area contributed by atoms with Gasteiger partial charge in [0.25, 0.3) is 0 Å². The number of nitrogens with zero attached hydrogens (tertiary/aromatic N) is 1. The second-order valence-electron chi connectivity index (χ2n) is 5.43. The minimum Gasteiger partial charge on any atom is -0.494 e. The monoisotopic (exact) mass is 291 g/mol. The van der Waals surface area contributed by atoms with Crippen LogP contribution in [0.3, 0.4) is 0 Å². The van der Waals surface area contributed by atoms with Crippen LogP contribution in [-0.2, 0) is 9.59 Å². The van der Waals surface area contributed by atoms with Crippen molar-refractivity contribution in [2.45, 2.75) is 32.8 Å². The van der Waals surface area contributed by atoms with E-state index in [4.69, 9.17) is 4.74 Å². The van der Waals surface area contributed by atoms with Crippen molar-refractivity contribution in [2.75, 3.05) is 13.2 Å². The lowest BCUT2D eigenvalue weighted by atomic mass is 9.97. The predicted octanol–water partition coefficient (Wildman–Crippen LogP) is 1.90. The van der Waals surface area contributed by atoms with Gasteiger partial charge < -0.3 is 9.84 Å². The van der Waals surface area contributed by atoms with E-state index in [1.54, 1.807) is 24.3 Å². The van der Waals surface area contributed by atoms with E-state index >= 15 is 0 Å². The number of benzene rings is 1. The highest BCUT2D eigenvalue weighted by Crippen LogP contribution is 2.23. The number of amides is 2. The molecule has 0 bridgehead atoms. The first-order chi connectivity index (χ1) is 10.0. The summed E-state index contributed by atoms with van der Waals surface area (Å²) in [6.45, 7) is 4.38. The Balaban J connectivity index is 2.01. The van der Waals surface area contributed by atoms with E-state index in [1.807, 2.05) is 13.8 Å². The zero-order valence-electron chi connectivity index (χ0n) is 12.4. The van der Waals surface area contributed by atoms with Crippen molar-refractivity contribution >= 4 is 11.8 Å². The van der Waals surface area contributed by atoms with Gasteiger partial charge in [-0.15, -0.1) is 0 Å². The first-order valence-electron chi connectivity index (χ1n) is 7.25. The van der Waals surface area contributed by atoms with Gasteiger partial charge in [0, 0.05) is 12.8 Å². The Labute approximate surface area is 124 Å². The Morgan fingerprint density at radius 3 is 2.33 bits per heavy atom. The van der Waals surface area contributed by atoms with Crippen LogP contribution >= 0.6 is 0 Å². The highest BCUT2D eigenvalue weighted by atomic mass is 16.5. The van der Waals surface area contributed by atoms with Crippen LogP contribution in [0.4, 0.5) is 0 Å². The van der Waals surface area contributed by atoms with E-state index in [0.29, 0.717) is 25.0 Å². The first kappa shape index (κ1) is 15.5. The van der Waals surface area contributed by atoms with Crippen molar-refractivity contribution in [3.8, 4) is 5.75 Å². The Morgan fingerprint density at radius 1 is 1.24 bits per heavy atom. The molecule has 5 heteroatoms. The van der Waals surface area contributed by atoms with Crippen LogP contribution in [0.2, 0.25) is 0 Å². The Bertz CT molecular complexity index is 494. The lowest BCUT2D eigenvalue weighted by Crippen LogP contribution is -2.44. The highest BCUT2D eigenvalue weighted by molar-refractivity contribution is 5.97. The summed E-state index contributed by atoms with van der Waals surface area (Å²) in [4.78, 5) is 25.0. The Hall–Kier alpha value is -1.88. The van der Waals surface area contributed by atoms with Crippen LogP contribution in [0.1, 0.15) is 38.4 Å². The fourth-order valence-electron chi connectivity index (χ4n) is 2.46. The van der Waals surface area contributed by atoms with Crippen molar-refractivity contribution in [3.63, 3.8) is 0 Å². The maximum atomic E-state index is 11.9. The van der Waals surface area contributed by atoms with Crippen LogP contribution in [0.15, 0.2) is 24.3 Å². The van der Waals surface area contributed by atoms with Gasteiger partial charge >= 0.3 is 0 Å². The molecule has 1 fully saturated rings. The molecular weight excluding hydrogens is 270 g/mol. The number of piperidine rings is 1. The Kier molecular flexibility index (Phi) is 4.96. The number of hydrogen-bond donors (Lipinski definition) is 1. The molecule has 0 saturated carbocycles.